The van der Waals surface area contributed by atoms with Gasteiger partial charge in [0.1, 0.15) is 5.75 Å². The number of carbonyl (C=O) groups excluding carboxylic acids is 3. The van der Waals surface area contributed by atoms with Gasteiger partial charge >= 0.3 is 0 Å². The minimum atomic E-state index is -0.111. The lowest BCUT2D eigenvalue weighted by Gasteiger charge is -2.17. The van der Waals surface area contributed by atoms with Crippen molar-refractivity contribution >= 4 is 29.1 Å². The highest BCUT2D eigenvalue weighted by atomic mass is 16.5. The highest BCUT2D eigenvalue weighted by molar-refractivity contribution is 5.98. The van der Waals surface area contributed by atoms with Crippen molar-refractivity contribution in [3.05, 3.63) is 53.1 Å². The van der Waals surface area contributed by atoms with Crippen molar-refractivity contribution in [2.45, 2.75) is 51.5 Å². The summed E-state index contributed by atoms with van der Waals surface area (Å²) in [5, 5.41) is 8.71. The highest BCUT2D eigenvalue weighted by Gasteiger charge is 2.24. The summed E-state index contributed by atoms with van der Waals surface area (Å²) in [7, 11) is 0. The van der Waals surface area contributed by atoms with E-state index in [9.17, 15) is 14.4 Å². The first kappa shape index (κ1) is 20.9. The van der Waals surface area contributed by atoms with E-state index in [0.717, 1.165) is 35.4 Å². The van der Waals surface area contributed by atoms with Crippen LogP contribution in [0.2, 0.25) is 0 Å². The summed E-state index contributed by atoms with van der Waals surface area (Å²) in [6, 6.07) is 11.3. The van der Waals surface area contributed by atoms with Crippen LogP contribution in [0.4, 0.5) is 11.4 Å². The van der Waals surface area contributed by atoms with Crippen molar-refractivity contribution in [2.75, 3.05) is 17.2 Å². The Morgan fingerprint density at radius 2 is 1.97 bits per heavy atom. The van der Waals surface area contributed by atoms with Gasteiger partial charge in [0.05, 0.1) is 6.61 Å². The number of carbonyl (C=O) groups is 3. The molecule has 2 aromatic rings. The Balaban J connectivity index is 1.24. The number of hydrogen-bond donors (Lipinski definition) is 3. The monoisotopic (exact) mass is 421 g/mol. The van der Waals surface area contributed by atoms with Crippen molar-refractivity contribution in [3.63, 3.8) is 0 Å². The summed E-state index contributed by atoms with van der Waals surface area (Å²) in [6.45, 7) is 2.32. The molecule has 1 fully saturated rings. The molecule has 1 heterocycles. The summed E-state index contributed by atoms with van der Waals surface area (Å²) >= 11 is 0. The van der Waals surface area contributed by atoms with E-state index in [1.807, 2.05) is 31.2 Å². The molecular formula is C24H27N3O4. The van der Waals surface area contributed by atoms with E-state index in [1.54, 1.807) is 12.1 Å². The van der Waals surface area contributed by atoms with Gasteiger partial charge < -0.3 is 20.7 Å². The number of hydrogen-bond acceptors (Lipinski definition) is 4. The van der Waals surface area contributed by atoms with E-state index in [0.29, 0.717) is 49.6 Å². The molecule has 2 aromatic carbocycles. The summed E-state index contributed by atoms with van der Waals surface area (Å²) in [4.78, 5) is 36.0. The lowest BCUT2D eigenvalue weighted by atomic mass is 10.0. The zero-order chi connectivity index (χ0) is 21.8. The van der Waals surface area contributed by atoms with Crippen LogP contribution in [0.3, 0.4) is 0 Å². The molecule has 7 heteroatoms. The van der Waals surface area contributed by atoms with Gasteiger partial charge in [-0.3, -0.25) is 14.4 Å². The molecule has 0 radical (unpaired) electrons. The zero-order valence-corrected chi connectivity index (χ0v) is 17.6. The van der Waals surface area contributed by atoms with Gasteiger partial charge in [0, 0.05) is 35.8 Å². The standard InChI is InChI=1S/C24H27N3O4/c1-15-4-5-17(24(30)25-18-7-8-18)14-21(15)27-22(28)3-2-12-31-19-9-10-20-16(13-19)6-11-23(29)26-20/h4-5,9-10,13-14,18H,2-3,6-8,11-12H2,1H3,(H,25,30)(H,26,29)(H,27,28). The van der Waals surface area contributed by atoms with Gasteiger partial charge in [-0.2, -0.15) is 0 Å². The second kappa shape index (κ2) is 9.20. The van der Waals surface area contributed by atoms with Crippen molar-refractivity contribution < 1.29 is 19.1 Å². The summed E-state index contributed by atoms with van der Waals surface area (Å²) < 4.78 is 5.77. The Kier molecular flexibility index (Phi) is 6.21. The van der Waals surface area contributed by atoms with Crippen molar-refractivity contribution in [1.82, 2.24) is 5.32 Å². The molecule has 0 aromatic heterocycles. The van der Waals surface area contributed by atoms with E-state index in [2.05, 4.69) is 16.0 Å². The molecule has 0 spiro atoms. The van der Waals surface area contributed by atoms with Crippen LogP contribution in [0.25, 0.3) is 0 Å². The maximum absolute atomic E-state index is 12.4. The van der Waals surface area contributed by atoms with Crippen LogP contribution in [0.15, 0.2) is 36.4 Å². The Morgan fingerprint density at radius 3 is 2.77 bits per heavy atom. The molecule has 0 saturated heterocycles. The fourth-order valence-electron chi connectivity index (χ4n) is 3.48. The Hall–Kier alpha value is -3.35. The number of benzene rings is 2. The molecule has 3 N–H and O–H groups in total. The van der Waals surface area contributed by atoms with E-state index in [4.69, 9.17) is 4.74 Å². The van der Waals surface area contributed by atoms with E-state index >= 15 is 0 Å². The van der Waals surface area contributed by atoms with Crippen molar-refractivity contribution in [2.24, 2.45) is 0 Å². The van der Waals surface area contributed by atoms with E-state index in [-0.39, 0.29) is 17.7 Å². The lowest BCUT2D eigenvalue weighted by molar-refractivity contribution is -0.117. The minimum Gasteiger partial charge on any atom is -0.494 e. The second-order valence-electron chi connectivity index (χ2n) is 8.14. The molecule has 0 unspecified atom stereocenters. The molecule has 1 aliphatic heterocycles. The third-order valence-corrected chi connectivity index (χ3v) is 5.48. The van der Waals surface area contributed by atoms with Crippen LogP contribution in [-0.4, -0.2) is 30.4 Å². The van der Waals surface area contributed by atoms with Gasteiger partial charge in [-0.1, -0.05) is 6.07 Å². The van der Waals surface area contributed by atoms with Gasteiger partial charge in [-0.05, 0) is 74.1 Å². The normalized spacial score (nSPS) is 14.9. The lowest BCUT2D eigenvalue weighted by Crippen LogP contribution is -2.25. The van der Waals surface area contributed by atoms with Gasteiger partial charge in [-0.25, -0.2) is 0 Å². The molecular weight excluding hydrogens is 394 g/mol. The largest absolute Gasteiger partial charge is 0.494 e. The second-order valence-corrected chi connectivity index (χ2v) is 8.14. The van der Waals surface area contributed by atoms with Crippen LogP contribution in [0, 0.1) is 6.92 Å². The molecule has 31 heavy (non-hydrogen) atoms. The van der Waals surface area contributed by atoms with E-state index in [1.165, 1.54) is 0 Å². The topological polar surface area (TPSA) is 96.5 Å². The van der Waals surface area contributed by atoms with Gasteiger partial charge in [0.15, 0.2) is 0 Å². The predicted octanol–water partition coefficient (Wildman–Crippen LogP) is 3.57. The summed E-state index contributed by atoms with van der Waals surface area (Å²) in [6.07, 6.45) is 4.15. The first-order valence-electron chi connectivity index (χ1n) is 10.7. The SMILES string of the molecule is Cc1ccc(C(=O)NC2CC2)cc1NC(=O)CCCOc1ccc2c(c1)CCC(=O)N2. The maximum Gasteiger partial charge on any atom is 0.251 e. The average Bonchev–Trinajstić information content (AvgIpc) is 3.56. The quantitative estimate of drug-likeness (QED) is 0.568. The summed E-state index contributed by atoms with van der Waals surface area (Å²) in [5.74, 6) is 0.563. The number of fused-ring (bicyclic) bond motifs is 1. The molecule has 4 rings (SSSR count). The molecule has 162 valence electrons. The Bertz CT molecular complexity index is 1010. The number of nitrogens with one attached hydrogen (secondary N) is 3. The molecule has 3 amide bonds. The van der Waals surface area contributed by atoms with Crippen LogP contribution in [0.5, 0.6) is 5.75 Å². The maximum atomic E-state index is 12.4. The molecule has 7 nitrogen and oxygen atoms in total. The third-order valence-electron chi connectivity index (χ3n) is 5.48. The first-order chi connectivity index (χ1) is 15.0. The smallest absolute Gasteiger partial charge is 0.251 e. The fourth-order valence-corrected chi connectivity index (χ4v) is 3.48. The minimum absolute atomic E-state index is 0.0384. The molecule has 0 atom stereocenters. The highest BCUT2D eigenvalue weighted by Crippen LogP contribution is 2.27. The number of amides is 3. The number of rotatable bonds is 8. The van der Waals surface area contributed by atoms with Gasteiger partial charge in [-0.15, -0.1) is 0 Å². The zero-order valence-electron chi connectivity index (χ0n) is 17.6. The number of ether oxygens (including phenoxy) is 1. The van der Waals surface area contributed by atoms with Crippen LogP contribution in [-0.2, 0) is 16.0 Å². The molecule has 2 aliphatic rings. The molecule has 0 bridgehead atoms. The third kappa shape index (κ3) is 5.63. The first-order valence-corrected chi connectivity index (χ1v) is 10.7. The van der Waals surface area contributed by atoms with Crippen LogP contribution in [0.1, 0.15) is 53.6 Å². The Labute approximate surface area is 181 Å². The van der Waals surface area contributed by atoms with Gasteiger partial charge in [0.2, 0.25) is 11.8 Å². The van der Waals surface area contributed by atoms with E-state index < -0.39 is 0 Å². The number of anilines is 2. The van der Waals surface area contributed by atoms with Crippen molar-refractivity contribution in [3.8, 4) is 5.75 Å². The molecule has 1 aliphatic carbocycles. The van der Waals surface area contributed by atoms with Gasteiger partial charge in [0.25, 0.3) is 5.91 Å². The van der Waals surface area contributed by atoms with Crippen molar-refractivity contribution in [1.29, 1.82) is 0 Å². The average molecular weight is 421 g/mol. The fraction of sp³-hybridized carbons (Fsp3) is 0.375. The summed E-state index contributed by atoms with van der Waals surface area (Å²) in [5.41, 5.74) is 4.03. The molecule has 1 saturated carbocycles. The number of aryl methyl sites for hydroxylation is 2. The van der Waals surface area contributed by atoms with Crippen LogP contribution >= 0.6 is 0 Å². The Morgan fingerprint density at radius 1 is 1.13 bits per heavy atom. The predicted molar refractivity (Wildman–Crippen MR) is 118 cm³/mol. The van der Waals surface area contributed by atoms with Crippen LogP contribution < -0.4 is 20.7 Å².